The Kier molecular flexibility index (Phi) is 6.20. The molecule has 3 rings (SSSR count). The van der Waals surface area contributed by atoms with Crippen LogP contribution in [0.2, 0.25) is 0 Å². The molecule has 3 N–H and O–H groups in total. The number of ether oxygens (including phenoxy) is 1. The summed E-state index contributed by atoms with van der Waals surface area (Å²) in [6, 6.07) is 6.42. The zero-order chi connectivity index (χ0) is 22.6. The number of aliphatic hydroxyl groups excluding tert-OH is 1. The van der Waals surface area contributed by atoms with E-state index in [2.05, 4.69) is 32.0 Å². The third-order valence-corrected chi connectivity index (χ3v) is 3.99. The van der Waals surface area contributed by atoms with E-state index in [4.69, 9.17) is 5.11 Å². The fourth-order valence-electron chi connectivity index (χ4n) is 2.74. The van der Waals surface area contributed by atoms with Crippen molar-refractivity contribution in [2.75, 3.05) is 11.9 Å². The van der Waals surface area contributed by atoms with Crippen LogP contribution in [0.5, 0.6) is 5.75 Å². The Morgan fingerprint density at radius 2 is 1.94 bits per heavy atom. The van der Waals surface area contributed by atoms with Crippen LogP contribution < -0.4 is 15.4 Å². The first-order valence-corrected chi connectivity index (χ1v) is 8.75. The van der Waals surface area contributed by atoms with Crippen LogP contribution >= 0.6 is 0 Å². The van der Waals surface area contributed by atoms with Gasteiger partial charge in [-0.05, 0) is 36.4 Å². The number of hydrogen-bond acceptors (Lipinski definition) is 6. The number of aliphatic hydroxyl groups is 1. The van der Waals surface area contributed by atoms with Crippen molar-refractivity contribution in [1.29, 1.82) is 0 Å². The van der Waals surface area contributed by atoms with Gasteiger partial charge in [0.05, 0.1) is 29.0 Å². The minimum atomic E-state index is -4.82. The molecule has 2 amide bonds. The first kappa shape index (κ1) is 21.8. The minimum absolute atomic E-state index is 0.0443. The number of fused-ring (bicyclic) bond motifs is 1. The predicted molar refractivity (Wildman–Crippen MR) is 103 cm³/mol. The Morgan fingerprint density at radius 3 is 2.55 bits per heavy atom. The molecule has 2 heterocycles. The molecule has 1 aromatic carbocycles. The molecule has 0 radical (unpaired) electrons. The number of amides is 2. The first-order chi connectivity index (χ1) is 14.7. The fourth-order valence-corrected chi connectivity index (χ4v) is 2.74. The zero-order valence-electron chi connectivity index (χ0n) is 15.8. The zero-order valence-corrected chi connectivity index (χ0v) is 15.8. The van der Waals surface area contributed by atoms with Crippen molar-refractivity contribution < 1.29 is 32.6 Å². The van der Waals surface area contributed by atoms with Crippen LogP contribution in [-0.4, -0.2) is 44.7 Å². The minimum Gasteiger partial charge on any atom is -0.406 e. The van der Waals surface area contributed by atoms with Gasteiger partial charge in [0.15, 0.2) is 5.65 Å². The Bertz CT molecular complexity index is 1130. The molecule has 0 aliphatic carbocycles. The second-order valence-electron chi connectivity index (χ2n) is 6.09. The quantitative estimate of drug-likeness (QED) is 0.489. The van der Waals surface area contributed by atoms with Gasteiger partial charge in [-0.2, -0.15) is 5.10 Å². The number of aromatic nitrogens is 3. The molecule has 0 unspecified atom stereocenters. The lowest BCUT2D eigenvalue weighted by molar-refractivity contribution is -0.274. The van der Waals surface area contributed by atoms with Crippen LogP contribution in [-0.2, 0) is 16.1 Å². The number of benzene rings is 1. The monoisotopic (exact) mass is 435 g/mol. The molecule has 3 aromatic rings. The van der Waals surface area contributed by atoms with Crippen LogP contribution in [0.25, 0.3) is 16.7 Å². The maximum absolute atomic E-state index is 12.4. The Balaban J connectivity index is 2.07. The SMILES string of the molecule is C=CC(=O)NCc1nn(-c2ccc(OC(F)(F)F)cc2)c2nccc(NC(=O)CO)c12. The average Bonchev–Trinajstić information content (AvgIpc) is 3.11. The molecule has 31 heavy (non-hydrogen) atoms. The lowest BCUT2D eigenvalue weighted by Gasteiger charge is -2.09. The van der Waals surface area contributed by atoms with Crippen molar-refractivity contribution in [3.8, 4) is 11.4 Å². The first-order valence-electron chi connectivity index (χ1n) is 8.75. The standard InChI is InChI=1S/C19H16F3N5O4/c1-2-15(29)24-9-14-17-13(25-16(30)10-28)7-8-23-18(17)27(26-14)11-3-5-12(6-4-11)31-19(20,21)22/h2-8,28H,1,9-10H2,(H,24,29)(H,23,25,30). The highest BCUT2D eigenvalue weighted by Gasteiger charge is 2.31. The van der Waals surface area contributed by atoms with Gasteiger partial charge in [0.25, 0.3) is 0 Å². The molecule has 2 aromatic heterocycles. The smallest absolute Gasteiger partial charge is 0.406 e. The fraction of sp³-hybridized carbons (Fsp3) is 0.158. The van der Waals surface area contributed by atoms with Crippen molar-refractivity contribution >= 4 is 28.5 Å². The summed E-state index contributed by atoms with van der Waals surface area (Å²) in [5, 5.41) is 18.9. The van der Waals surface area contributed by atoms with Crippen LogP contribution in [0.4, 0.5) is 18.9 Å². The van der Waals surface area contributed by atoms with E-state index in [9.17, 15) is 22.8 Å². The highest BCUT2D eigenvalue weighted by Crippen LogP contribution is 2.29. The molecule has 9 nitrogen and oxygen atoms in total. The van der Waals surface area contributed by atoms with Crippen molar-refractivity contribution in [3.05, 3.63) is 54.9 Å². The number of halogens is 3. The van der Waals surface area contributed by atoms with Gasteiger partial charge in [0, 0.05) is 6.20 Å². The summed E-state index contributed by atoms with van der Waals surface area (Å²) in [4.78, 5) is 27.5. The average molecular weight is 435 g/mol. The highest BCUT2D eigenvalue weighted by molar-refractivity contribution is 6.02. The lowest BCUT2D eigenvalue weighted by atomic mass is 10.2. The lowest BCUT2D eigenvalue weighted by Crippen LogP contribution is -2.21. The van der Waals surface area contributed by atoms with E-state index in [0.717, 1.165) is 18.2 Å². The molecule has 0 aliphatic rings. The van der Waals surface area contributed by atoms with E-state index in [0.29, 0.717) is 16.8 Å². The van der Waals surface area contributed by atoms with Gasteiger partial charge in [-0.25, -0.2) is 9.67 Å². The summed E-state index contributed by atoms with van der Waals surface area (Å²) in [5.41, 5.74) is 1.24. The van der Waals surface area contributed by atoms with E-state index >= 15 is 0 Å². The normalized spacial score (nSPS) is 11.2. The third-order valence-electron chi connectivity index (χ3n) is 3.99. The van der Waals surface area contributed by atoms with Gasteiger partial charge in [-0.1, -0.05) is 6.58 Å². The molecule has 12 heteroatoms. The maximum Gasteiger partial charge on any atom is 0.573 e. The number of nitrogens with one attached hydrogen (secondary N) is 2. The number of hydrogen-bond donors (Lipinski definition) is 3. The van der Waals surface area contributed by atoms with E-state index in [1.165, 1.54) is 29.1 Å². The van der Waals surface area contributed by atoms with Crippen molar-refractivity contribution in [2.24, 2.45) is 0 Å². The number of rotatable bonds is 7. The second kappa shape index (κ2) is 8.83. The van der Waals surface area contributed by atoms with Crippen molar-refractivity contribution in [3.63, 3.8) is 0 Å². The molecule has 0 saturated carbocycles. The topological polar surface area (TPSA) is 118 Å². The summed E-state index contributed by atoms with van der Waals surface area (Å²) in [5.74, 6) is -1.54. The molecule has 0 saturated heterocycles. The Hall–Kier alpha value is -3.93. The summed E-state index contributed by atoms with van der Waals surface area (Å²) in [6.45, 7) is 2.57. The van der Waals surface area contributed by atoms with E-state index in [1.54, 1.807) is 0 Å². The Labute approximate surface area is 173 Å². The van der Waals surface area contributed by atoms with Gasteiger partial charge >= 0.3 is 6.36 Å². The summed E-state index contributed by atoms with van der Waals surface area (Å²) in [6.07, 6.45) is -2.36. The van der Waals surface area contributed by atoms with Gasteiger partial charge in [-0.15, -0.1) is 13.2 Å². The number of nitrogens with zero attached hydrogens (tertiary/aromatic N) is 3. The van der Waals surface area contributed by atoms with Crippen molar-refractivity contribution in [2.45, 2.75) is 12.9 Å². The maximum atomic E-state index is 12.4. The number of alkyl halides is 3. The van der Waals surface area contributed by atoms with Gasteiger partial charge < -0.3 is 20.5 Å². The molecule has 0 bridgehead atoms. The molecule has 0 fully saturated rings. The van der Waals surface area contributed by atoms with E-state index in [-0.39, 0.29) is 17.9 Å². The second-order valence-corrected chi connectivity index (χ2v) is 6.09. The van der Waals surface area contributed by atoms with Gasteiger partial charge in [0.1, 0.15) is 12.4 Å². The van der Waals surface area contributed by atoms with Gasteiger partial charge in [-0.3, -0.25) is 9.59 Å². The molecular weight excluding hydrogens is 419 g/mol. The molecule has 0 atom stereocenters. The Morgan fingerprint density at radius 1 is 1.23 bits per heavy atom. The molecule has 162 valence electrons. The number of carbonyl (C=O) groups is 2. The molecular formula is C19H16F3N5O4. The van der Waals surface area contributed by atoms with Crippen molar-refractivity contribution in [1.82, 2.24) is 20.1 Å². The van der Waals surface area contributed by atoms with E-state index in [1.807, 2.05) is 0 Å². The molecule has 0 aliphatic heterocycles. The predicted octanol–water partition coefficient (Wildman–Crippen LogP) is 2.05. The number of pyridine rings is 1. The van der Waals surface area contributed by atoms with Crippen LogP contribution in [0.3, 0.4) is 0 Å². The third kappa shape index (κ3) is 5.17. The summed E-state index contributed by atoms with van der Waals surface area (Å²) in [7, 11) is 0. The van der Waals surface area contributed by atoms with E-state index < -0.39 is 30.5 Å². The summed E-state index contributed by atoms with van der Waals surface area (Å²) < 4.78 is 42.4. The number of carbonyl (C=O) groups excluding carboxylic acids is 2. The van der Waals surface area contributed by atoms with Crippen LogP contribution in [0.1, 0.15) is 5.69 Å². The molecule has 0 spiro atoms. The highest BCUT2D eigenvalue weighted by atomic mass is 19.4. The number of anilines is 1. The largest absolute Gasteiger partial charge is 0.573 e. The summed E-state index contributed by atoms with van der Waals surface area (Å²) >= 11 is 0. The van der Waals surface area contributed by atoms with Crippen LogP contribution in [0, 0.1) is 0 Å². The van der Waals surface area contributed by atoms with Gasteiger partial charge in [0.2, 0.25) is 11.8 Å². The van der Waals surface area contributed by atoms with Crippen LogP contribution in [0.15, 0.2) is 49.2 Å².